The first-order valence-corrected chi connectivity index (χ1v) is 9.29. The van der Waals surface area contributed by atoms with Crippen LogP contribution in [0, 0.1) is 0 Å². The lowest BCUT2D eigenvalue weighted by atomic mass is 10.0. The Morgan fingerprint density at radius 3 is 2.88 bits per heavy atom. The first-order chi connectivity index (χ1) is 12.2. The van der Waals surface area contributed by atoms with Crippen molar-refractivity contribution < 1.29 is 14.3 Å². The van der Waals surface area contributed by atoms with E-state index in [-0.39, 0.29) is 12.4 Å². The molecule has 0 radical (unpaired) electrons. The van der Waals surface area contributed by atoms with Crippen molar-refractivity contribution >= 4 is 28.4 Å². The molecule has 0 saturated heterocycles. The van der Waals surface area contributed by atoms with Crippen LogP contribution in [0.3, 0.4) is 0 Å². The number of methoxy groups -OCH3 is 1. The van der Waals surface area contributed by atoms with E-state index < -0.39 is 0 Å². The van der Waals surface area contributed by atoms with Crippen LogP contribution in [0.2, 0.25) is 0 Å². The highest BCUT2D eigenvalue weighted by Gasteiger charge is 2.17. The summed E-state index contributed by atoms with van der Waals surface area (Å²) in [7, 11) is 1.37. The first kappa shape index (κ1) is 17.4. The van der Waals surface area contributed by atoms with Crippen LogP contribution in [-0.4, -0.2) is 23.8 Å². The van der Waals surface area contributed by atoms with E-state index in [9.17, 15) is 9.59 Å². The molecule has 2 heterocycles. The van der Waals surface area contributed by atoms with E-state index in [4.69, 9.17) is 4.74 Å². The van der Waals surface area contributed by atoms with Crippen LogP contribution < -0.4 is 0 Å². The maximum absolute atomic E-state index is 11.8. The van der Waals surface area contributed by atoms with E-state index in [2.05, 4.69) is 19.1 Å². The van der Waals surface area contributed by atoms with Crippen molar-refractivity contribution in [1.82, 2.24) is 4.40 Å². The zero-order valence-electron chi connectivity index (χ0n) is 14.5. The molecule has 5 heteroatoms. The molecule has 0 spiro atoms. The summed E-state index contributed by atoms with van der Waals surface area (Å²) in [4.78, 5) is 24.4. The first-order valence-electron chi connectivity index (χ1n) is 8.41. The summed E-state index contributed by atoms with van der Waals surface area (Å²) in [5.41, 5.74) is 4.59. The van der Waals surface area contributed by atoms with Crippen molar-refractivity contribution in [2.75, 3.05) is 7.11 Å². The average Bonchev–Trinajstić information content (AvgIpc) is 3.19. The second-order valence-corrected chi connectivity index (χ2v) is 6.91. The molecule has 0 N–H and O–H groups in total. The monoisotopic (exact) mass is 355 g/mol. The van der Waals surface area contributed by atoms with Gasteiger partial charge in [-0.25, -0.2) is 0 Å². The van der Waals surface area contributed by atoms with Crippen LogP contribution in [0.1, 0.15) is 41.5 Å². The number of rotatable bonds is 7. The van der Waals surface area contributed by atoms with Crippen molar-refractivity contribution in [3.8, 4) is 11.1 Å². The minimum atomic E-state index is -0.312. The molecule has 0 fully saturated rings. The molecule has 0 saturated carbocycles. The summed E-state index contributed by atoms with van der Waals surface area (Å²) in [5.74, 6) is -0.312. The minimum absolute atomic E-state index is 0.155. The fraction of sp³-hybridized carbons (Fsp3) is 0.300. The van der Waals surface area contributed by atoms with Crippen molar-refractivity contribution in [3.05, 3.63) is 52.7 Å². The summed E-state index contributed by atoms with van der Waals surface area (Å²) in [5, 5.41) is 1.90. The average molecular weight is 355 g/mol. The molecule has 0 atom stereocenters. The highest BCUT2D eigenvalue weighted by Crippen LogP contribution is 2.32. The smallest absolute Gasteiger partial charge is 0.311 e. The topological polar surface area (TPSA) is 47.8 Å². The summed E-state index contributed by atoms with van der Waals surface area (Å²) in [6.07, 6.45) is 4.37. The van der Waals surface area contributed by atoms with E-state index >= 15 is 0 Å². The number of carbonyl (C=O) groups is 2. The highest BCUT2D eigenvalue weighted by molar-refractivity contribution is 7.15. The molecule has 0 amide bonds. The molecule has 25 heavy (non-hydrogen) atoms. The van der Waals surface area contributed by atoms with Crippen molar-refractivity contribution in [2.45, 2.75) is 32.6 Å². The molecule has 0 unspecified atom stereocenters. The molecule has 4 nitrogen and oxygen atoms in total. The normalized spacial score (nSPS) is 11.0. The van der Waals surface area contributed by atoms with E-state index in [0.29, 0.717) is 5.69 Å². The predicted octanol–water partition coefficient (Wildman–Crippen LogP) is 4.54. The number of hydrogen-bond acceptors (Lipinski definition) is 4. The summed E-state index contributed by atoms with van der Waals surface area (Å²) >= 11 is 1.53. The Kier molecular flexibility index (Phi) is 5.34. The molecule has 3 aromatic rings. The third-order valence-corrected chi connectivity index (χ3v) is 5.26. The second kappa shape index (κ2) is 7.66. The van der Waals surface area contributed by atoms with Crippen LogP contribution in [0.5, 0.6) is 0 Å². The molecule has 0 aliphatic heterocycles. The van der Waals surface area contributed by atoms with Crippen LogP contribution in [0.25, 0.3) is 16.0 Å². The summed E-state index contributed by atoms with van der Waals surface area (Å²) in [6.45, 7) is 2.18. The maximum Gasteiger partial charge on any atom is 0.311 e. The van der Waals surface area contributed by atoms with Crippen molar-refractivity contribution in [3.63, 3.8) is 0 Å². The molecule has 1 aromatic carbocycles. The number of ether oxygens (including phenoxy) is 1. The summed E-state index contributed by atoms with van der Waals surface area (Å²) in [6, 6.07) is 10.4. The van der Waals surface area contributed by atoms with Crippen LogP contribution in [0.15, 0.2) is 35.7 Å². The number of fused-ring (bicyclic) bond motifs is 1. The van der Waals surface area contributed by atoms with Gasteiger partial charge < -0.3 is 9.14 Å². The Hall–Kier alpha value is -2.40. The third-order valence-electron chi connectivity index (χ3n) is 4.33. The van der Waals surface area contributed by atoms with Gasteiger partial charge in [-0.3, -0.25) is 9.59 Å². The molecule has 130 valence electrons. The van der Waals surface area contributed by atoms with E-state index in [1.54, 1.807) is 0 Å². The molecular weight excluding hydrogens is 334 g/mol. The quantitative estimate of drug-likeness (QED) is 0.462. The predicted molar refractivity (Wildman–Crippen MR) is 100 cm³/mol. The zero-order valence-corrected chi connectivity index (χ0v) is 15.3. The van der Waals surface area contributed by atoms with E-state index in [1.165, 1.54) is 24.0 Å². The number of thiazole rings is 1. The Morgan fingerprint density at radius 2 is 2.16 bits per heavy atom. The van der Waals surface area contributed by atoms with Gasteiger partial charge in [0.15, 0.2) is 6.29 Å². The second-order valence-electron chi connectivity index (χ2n) is 6.02. The highest BCUT2D eigenvalue weighted by atomic mass is 32.1. The lowest BCUT2D eigenvalue weighted by Gasteiger charge is -2.06. The largest absolute Gasteiger partial charge is 0.469 e. The van der Waals surface area contributed by atoms with Crippen LogP contribution in [0.4, 0.5) is 0 Å². The molecule has 2 aromatic heterocycles. The van der Waals surface area contributed by atoms with Gasteiger partial charge in [0, 0.05) is 16.6 Å². The number of carbonyl (C=O) groups excluding carboxylic acids is 2. The lowest BCUT2D eigenvalue weighted by Crippen LogP contribution is -2.07. The maximum atomic E-state index is 11.8. The van der Waals surface area contributed by atoms with Gasteiger partial charge in [-0.05, 0) is 30.0 Å². The van der Waals surface area contributed by atoms with Crippen molar-refractivity contribution in [1.29, 1.82) is 0 Å². The van der Waals surface area contributed by atoms with Crippen LogP contribution >= 0.6 is 11.3 Å². The number of aryl methyl sites for hydroxylation is 1. The number of esters is 1. The van der Waals surface area contributed by atoms with Gasteiger partial charge in [0.2, 0.25) is 0 Å². The molecule has 0 aliphatic carbocycles. The van der Waals surface area contributed by atoms with E-state index in [1.807, 2.05) is 28.0 Å². The number of benzene rings is 1. The number of nitrogens with zero attached hydrogens (tertiary/aromatic N) is 1. The van der Waals surface area contributed by atoms with E-state index in [0.717, 1.165) is 47.2 Å². The van der Waals surface area contributed by atoms with Gasteiger partial charge in [-0.2, -0.15) is 0 Å². The molecule has 0 aliphatic rings. The zero-order chi connectivity index (χ0) is 17.8. The Labute approximate surface area is 151 Å². The van der Waals surface area contributed by atoms with Crippen LogP contribution in [-0.2, 0) is 22.4 Å². The minimum Gasteiger partial charge on any atom is -0.469 e. The standard InChI is InChI=1S/C20H21NO3S/c1-3-4-6-14-7-5-8-15(9-14)17-11-19-21(18(17)12-22)16(13-25-19)10-20(23)24-2/h5,7-9,11-13H,3-4,6,10H2,1-2H3. The SMILES string of the molecule is CCCCc1cccc(-c2cc3scc(CC(=O)OC)n3c2C=O)c1. The number of aldehydes is 1. The van der Waals surface area contributed by atoms with Gasteiger partial charge in [0.05, 0.1) is 19.2 Å². The van der Waals surface area contributed by atoms with Gasteiger partial charge in [-0.15, -0.1) is 11.3 Å². The Bertz CT molecular complexity index is 907. The van der Waals surface area contributed by atoms with Gasteiger partial charge >= 0.3 is 5.97 Å². The van der Waals surface area contributed by atoms with Gasteiger partial charge in [0.25, 0.3) is 0 Å². The number of unbranched alkanes of at least 4 members (excludes halogenated alkanes) is 1. The number of aromatic nitrogens is 1. The fourth-order valence-electron chi connectivity index (χ4n) is 3.03. The fourth-order valence-corrected chi connectivity index (χ4v) is 3.98. The van der Waals surface area contributed by atoms with Gasteiger partial charge in [0.1, 0.15) is 4.83 Å². The number of hydrogen-bond donors (Lipinski definition) is 0. The third kappa shape index (κ3) is 3.51. The molecular formula is C20H21NO3S. The molecule has 0 bridgehead atoms. The van der Waals surface area contributed by atoms with Gasteiger partial charge in [-0.1, -0.05) is 37.6 Å². The van der Waals surface area contributed by atoms with Crippen molar-refractivity contribution in [2.24, 2.45) is 0 Å². The molecule has 3 rings (SSSR count). The lowest BCUT2D eigenvalue weighted by molar-refractivity contribution is -0.139. The summed E-state index contributed by atoms with van der Waals surface area (Å²) < 4.78 is 6.62. The Morgan fingerprint density at radius 1 is 1.32 bits per heavy atom. The Balaban J connectivity index is 2.05.